The van der Waals surface area contributed by atoms with Crippen LogP contribution in [-0.2, 0) is 0 Å². The zero-order valence-corrected chi connectivity index (χ0v) is 12.9. The van der Waals surface area contributed by atoms with Gasteiger partial charge in [0.1, 0.15) is 11.4 Å². The van der Waals surface area contributed by atoms with Crippen LogP contribution in [0.15, 0.2) is 24.3 Å². The number of hydrogen-bond acceptors (Lipinski definition) is 5. The van der Waals surface area contributed by atoms with Crippen LogP contribution < -0.4 is 18.9 Å². The highest BCUT2D eigenvalue weighted by Crippen LogP contribution is 2.45. The third kappa shape index (κ3) is 2.72. The number of hydrogen-bond donors (Lipinski definition) is 0. The van der Waals surface area contributed by atoms with Crippen LogP contribution in [0.1, 0.15) is 5.69 Å². The molecule has 21 heavy (non-hydrogen) atoms. The average molecular weight is 289 g/mol. The first-order valence-electron chi connectivity index (χ1n) is 6.47. The highest BCUT2D eigenvalue weighted by molar-refractivity contribution is 5.77. The van der Waals surface area contributed by atoms with Gasteiger partial charge in [-0.3, -0.25) is 0 Å². The van der Waals surface area contributed by atoms with Crippen molar-refractivity contribution in [1.82, 2.24) is 4.98 Å². The minimum absolute atomic E-state index is 0.530. The number of ether oxygens (including phenoxy) is 4. The molecule has 2 aromatic rings. The molecule has 0 bridgehead atoms. The van der Waals surface area contributed by atoms with Crippen molar-refractivity contribution in [2.24, 2.45) is 0 Å². The summed E-state index contributed by atoms with van der Waals surface area (Å²) in [4.78, 5) is 4.55. The van der Waals surface area contributed by atoms with Gasteiger partial charge >= 0.3 is 0 Å². The van der Waals surface area contributed by atoms with E-state index in [9.17, 15) is 0 Å². The van der Waals surface area contributed by atoms with Crippen LogP contribution in [0.2, 0.25) is 0 Å². The standard InChI is InChI=1S/C16H19NO4/c1-10-6-8-12(18-2)14(17-10)11-7-9-13(19-3)16(21-5)15(11)20-4/h6-9H,1-5H3. The van der Waals surface area contributed by atoms with Crippen molar-refractivity contribution in [2.75, 3.05) is 28.4 Å². The number of methoxy groups -OCH3 is 4. The Morgan fingerprint density at radius 2 is 1.33 bits per heavy atom. The van der Waals surface area contributed by atoms with Gasteiger partial charge in [0.05, 0.1) is 34.0 Å². The topological polar surface area (TPSA) is 49.8 Å². The molecule has 0 atom stereocenters. The second-order valence-corrected chi connectivity index (χ2v) is 4.39. The van der Waals surface area contributed by atoms with Gasteiger partial charge in [0.2, 0.25) is 5.75 Å². The van der Waals surface area contributed by atoms with E-state index in [1.54, 1.807) is 28.4 Å². The van der Waals surface area contributed by atoms with E-state index in [2.05, 4.69) is 4.98 Å². The quantitative estimate of drug-likeness (QED) is 0.846. The van der Waals surface area contributed by atoms with E-state index in [0.29, 0.717) is 28.7 Å². The predicted molar refractivity (Wildman–Crippen MR) is 80.6 cm³/mol. The molecular formula is C16H19NO4. The number of benzene rings is 1. The molecule has 1 heterocycles. The molecular weight excluding hydrogens is 270 g/mol. The van der Waals surface area contributed by atoms with Gasteiger partial charge in [-0.1, -0.05) is 0 Å². The molecule has 0 radical (unpaired) electrons. The summed E-state index contributed by atoms with van der Waals surface area (Å²) in [6.07, 6.45) is 0. The van der Waals surface area contributed by atoms with Gasteiger partial charge in [0.15, 0.2) is 11.5 Å². The van der Waals surface area contributed by atoms with Gasteiger partial charge in [0.25, 0.3) is 0 Å². The van der Waals surface area contributed by atoms with Crippen LogP contribution in [0.4, 0.5) is 0 Å². The van der Waals surface area contributed by atoms with Crippen molar-refractivity contribution in [3.05, 3.63) is 30.0 Å². The molecule has 0 saturated heterocycles. The Kier molecular flexibility index (Phi) is 4.52. The first-order chi connectivity index (χ1) is 10.2. The van der Waals surface area contributed by atoms with E-state index in [1.165, 1.54) is 0 Å². The maximum absolute atomic E-state index is 5.50. The second-order valence-electron chi connectivity index (χ2n) is 4.39. The lowest BCUT2D eigenvalue weighted by Gasteiger charge is -2.17. The van der Waals surface area contributed by atoms with Gasteiger partial charge in [0, 0.05) is 5.69 Å². The first-order valence-corrected chi connectivity index (χ1v) is 6.47. The Balaban J connectivity index is 2.72. The molecule has 0 aliphatic heterocycles. The zero-order valence-electron chi connectivity index (χ0n) is 12.9. The summed E-state index contributed by atoms with van der Waals surface area (Å²) in [6.45, 7) is 1.93. The number of nitrogens with zero attached hydrogens (tertiary/aromatic N) is 1. The third-order valence-electron chi connectivity index (χ3n) is 3.18. The average Bonchev–Trinajstić information content (AvgIpc) is 2.53. The lowest BCUT2D eigenvalue weighted by Crippen LogP contribution is -1.99. The Hall–Kier alpha value is -2.43. The van der Waals surface area contributed by atoms with E-state index in [4.69, 9.17) is 18.9 Å². The summed E-state index contributed by atoms with van der Waals surface area (Å²) < 4.78 is 21.6. The fourth-order valence-electron chi connectivity index (χ4n) is 2.19. The van der Waals surface area contributed by atoms with Crippen LogP contribution in [0.25, 0.3) is 11.3 Å². The Morgan fingerprint density at radius 3 is 1.90 bits per heavy atom. The summed E-state index contributed by atoms with van der Waals surface area (Å²) >= 11 is 0. The molecule has 0 aliphatic carbocycles. The highest BCUT2D eigenvalue weighted by Gasteiger charge is 2.20. The van der Waals surface area contributed by atoms with Crippen molar-refractivity contribution in [2.45, 2.75) is 6.92 Å². The summed E-state index contributed by atoms with van der Waals surface area (Å²) in [5.41, 5.74) is 2.38. The van der Waals surface area contributed by atoms with Gasteiger partial charge in [-0.15, -0.1) is 0 Å². The first kappa shape index (κ1) is 15.0. The van der Waals surface area contributed by atoms with Crippen LogP contribution >= 0.6 is 0 Å². The molecule has 2 rings (SSSR count). The normalized spacial score (nSPS) is 10.1. The molecule has 0 saturated carbocycles. The van der Waals surface area contributed by atoms with Gasteiger partial charge in [-0.2, -0.15) is 0 Å². The number of pyridine rings is 1. The second kappa shape index (κ2) is 6.35. The Morgan fingerprint density at radius 1 is 0.714 bits per heavy atom. The Bertz CT molecular complexity index is 640. The van der Waals surface area contributed by atoms with Crippen LogP contribution in [-0.4, -0.2) is 33.4 Å². The molecule has 5 nitrogen and oxygen atoms in total. The Labute approximate surface area is 124 Å². The molecule has 0 spiro atoms. The lowest BCUT2D eigenvalue weighted by molar-refractivity contribution is 0.325. The van der Waals surface area contributed by atoms with Crippen LogP contribution in [0.5, 0.6) is 23.0 Å². The number of aromatic nitrogens is 1. The van der Waals surface area contributed by atoms with E-state index in [1.807, 2.05) is 31.2 Å². The molecule has 1 aromatic carbocycles. The summed E-state index contributed by atoms with van der Waals surface area (Å²) in [5.74, 6) is 2.37. The maximum Gasteiger partial charge on any atom is 0.203 e. The summed E-state index contributed by atoms with van der Waals surface area (Å²) in [7, 11) is 6.36. The molecule has 0 N–H and O–H groups in total. The maximum atomic E-state index is 5.50. The molecule has 0 unspecified atom stereocenters. The number of rotatable bonds is 5. The minimum Gasteiger partial charge on any atom is -0.494 e. The fourth-order valence-corrected chi connectivity index (χ4v) is 2.19. The van der Waals surface area contributed by atoms with Crippen molar-refractivity contribution in [1.29, 1.82) is 0 Å². The monoisotopic (exact) mass is 289 g/mol. The third-order valence-corrected chi connectivity index (χ3v) is 3.18. The SMILES string of the molecule is COc1ccc(C)nc1-c1ccc(OC)c(OC)c1OC. The zero-order chi connectivity index (χ0) is 15.4. The van der Waals surface area contributed by atoms with Crippen molar-refractivity contribution in [3.63, 3.8) is 0 Å². The summed E-state index contributed by atoms with van der Waals surface area (Å²) in [6, 6.07) is 7.48. The van der Waals surface area contributed by atoms with E-state index >= 15 is 0 Å². The summed E-state index contributed by atoms with van der Waals surface area (Å²) in [5, 5.41) is 0. The van der Waals surface area contributed by atoms with Crippen LogP contribution in [0, 0.1) is 6.92 Å². The molecule has 5 heteroatoms. The predicted octanol–water partition coefficient (Wildman–Crippen LogP) is 3.09. The van der Waals surface area contributed by atoms with E-state index < -0.39 is 0 Å². The fraction of sp³-hybridized carbons (Fsp3) is 0.312. The van der Waals surface area contributed by atoms with Crippen molar-refractivity contribution < 1.29 is 18.9 Å². The minimum atomic E-state index is 0.530. The molecule has 1 aromatic heterocycles. The highest BCUT2D eigenvalue weighted by atomic mass is 16.5. The number of aryl methyl sites for hydroxylation is 1. The van der Waals surface area contributed by atoms with Crippen LogP contribution in [0.3, 0.4) is 0 Å². The van der Waals surface area contributed by atoms with Gasteiger partial charge < -0.3 is 18.9 Å². The van der Waals surface area contributed by atoms with Crippen molar-refractivity contribution in [3.8, 4) is 34.3 Å². The molecule has 0 fully saturated rings. The lowest BCUT2D eigenvalue weighted by atomic mass is 10.1. The van der Waals surface area contributed by atoms with E-state index in [0.717, 1.165) is 11.3 Å². The molecule has 0 aliphatic rings. The van der Waals surface area contributed by atoms with Crippen molar-refractivity contribution >= 4 is 0 Å². The van der Waals surface area contributed by atoms with Gasteiger partial charge in [-0.25, -0.2) is 4.98 Å². The molecule has 0 amide bonds. The largest absolute Gasteiger partial charge is 0.494 e. The molecule has 112 valence electrons. The van der Waals surface area contributed by atoms with Gasteiger partial charge in [-0.05, 0) is 31.2 Å². The van der Waals surface area contributed by atoms with E-state index in [-0.39, 0.29) is 0 Å². The smallest absolute Gasteiger partial charge is 0.203 e.